The van der Waals surface area contributed by atoms with Crippen molar-refractivity contribution < 1.29 is 15.1 Å². The SMILES string of the molecule is O=C(O)C1C[C@@H]2CCC[C@@H](C1)C2=NO. The van der Waals surface area contributed by atoms with Gasteiger partial charge in [-0.05, 0) is 25.7 Å². The lowest BCUT2D eigenvalue weighted by molar-refractivity contribution is -0.143. The number of nitrogens with zero attached hydrogens (tertiary/aromatic N) is 1. The van der Waals surface area contributed by atoms with Gasteiger partial charge in [0.25, 0.3) is 0 Å². The van der Waals surface area contributed by atoms with Crippen LogP contribution in [0.3, 0.4) is 0 Å². The second-order valence-electron chi connectivity index (χ2n) is 4.36. The number of carbonyl (C=O) groups is 1. The van der Waals surface area contributed by atoms with Crippen LogP contribution in [0.5, 0.6) is 0 Å². The molecule has 0 aromatic heterocycles. The third kappa shape index (κ3) is 1.49. The summed E-state index contributed by atoms with van der Waals surface area (Å²) in [7, 11) is 0. The molecule has 0 amide bonds. The maximum atomic E-state index is 10.9. The van der Waals surface area contributed by atoms with E-state index in [0.29, 0.717) is 12.8 Å². The molecule has 0 saturated heterocycles. The van der Waals surface area contributed by atoms with Crippen LogP contribution in [0.2, 0.25) is 0 Å². The third-order valence-electron chi connectivity index (χ3n) is 3.54. The van der Waals surface area contributed by atoms with Crippen molar-refractivity contribution in [2.24, 2.45) is 22.9 Å². The lowest BCUT2D eigenvalue weighted by atomic mass is 9.66. The molecule has 0 aliphatic heterocycles. The van der Waals surface area contributed by atoms with Gasteiger partial charge in [-0.25, -0.2) is 0 Å². The average molecular weight is 197 g/mol. The molecule has 2 fully saturated rings. The molecule has 2 N–H and O–H groups in total. The Labute approximate surface area is 82.6 Å². The molecule has 2 bridgehead atoms. The van der Waals surface area contributed by atoms with Gasteiger partial charge in [0.1, 0.15) is 0 Å². The number of rotatable bonds is 1. The number of carboxylic acid groups (broad SMARTS) is 1. The molecule has 0 aromatic carbocycles. The van der Waals surface area contributed by atoms with Gasteiger partial charge in [-0.1, -0.05) is 11.6 Å². The summed E-state index contributed by atoms with van der Waals surface area (Å²) in [5.74, 6) is -0.489. The van der Waals surface area contributed by atoms with Crippen LogP contribution in [0.15, 0.2) is 5.16 Å². The van der Waals surface area contributed by atoms with Crippen LogP contribution in [0.25, 0.3) is 0 Å². The Kier molecular flexibility index (Phi) is 2.44. The highest BCUT2D eigenvalue weighted by Crippen LogP contribution is 2.40. The van der Waals surface area contributed by atoms with Crippen LogP contribution < -0.4 is 0 Å². The fourth-order valence-electron chi connectivity index (χ4n) is 2.86. The van der Waals surface area contributed by atoms with E-state index < -0.39 is 5.97 Å². The van der Waals surface area contributed by atoms with E-state index in [-0.39, 0.29) is 17.8 Å². The summed E-state index contributed by atoms with van der Waals surface area (Å²) in [6.45, 7) is 0. The topological polar surface area (TPSA) is 69.9 Å². The first-order chi connectivity index (χ1) is 6.72. The minimum absolute atomic E-state index is 0.216. The number of aliphatic carboxylic acids is 1. The molecule has 14 heavy (non-hydrogen) atoms. The van der Waals surface area contributed by atoms with Crippen molar-refractivity contribution >= 4 is 11.7 Å². The van der Waals surface area contributed by atoms with Gasteiger partial charge in [0.05, 0.1) is 11.6 Å². The van der Waals surface area contributed by atoms with E-state index in [4.69, 9.17) is 10.3 Å². The van der Waals surface area contributed by atoms with Crippen LogP contribution in [0.1, 0.15) is 32.1 Å². The van der Waals surface area contributed by atoms with Crippen molar-refractivity contribution in [2.75, 3.05) is 0 Å². The Hall–Kier alpha value is -1.06. The van der Waals surface area contributed by atoms with E-state index in [0.717, 1.165) is 25.0 Å². The third-order valence-corrected chi connectivity index (χ3v) is 3.54. The highest BCUT2D eigenvalue weighted by molar-refractivity contribution is 5.91. The molecule has 2 saturated carbocycles. The van der Waals surface area contributed by atoms with Crippen LogP contribution in [0, 0.1) is 17.8 Å². The molecular formula is C10H15NO3. The summed E-state index contributed by atoms with van der Waals surface area (Å²) < 4.78 is 0. The number of hydrogen-bond acceptors (Lipinski definition) is 3. The fourth-order valence-corrected chi connectivity index (χ4v) is 2.86. The summed E-state index contributed by atoms with van der Waals surface area (Å²) in [4.78, 5) is 10.9. The normalized spacial score (nSPS) is 36.6. The number of oxime groups is 1. The molecule has 2 rings (SSSR count). The van der Waals surface area contributed by atoms with E-state index in [1.54, 1.807) is 0 Å². The maximum Gasteiger partial charge on any atom is 0.306 e. The van der Waals surface area contributed by atoms with Gasteiger partial charge in [-0.3, -0.25) is 4.79 Å². The zero-order valence-electron chi connectivity index (χ0n) is 8.02. The summed E-state index contributed by atoms with van der Waals surface area (Å²) >= 11 is 0. The van der Waals surface area contributed by atoms with Crippen LogP contribution in [-0.2, 0) is 4.79 Å². The first-order valence-electron chi connectivity index (χ1n) is 5.17. The Morgan fingerprint density at radius 1 is 1.29 bits per heavy atom. The molecule has 0 unspecified atom stereocenters. The molecule has 78 valence electrons. The van der Waals surface area contributed by atoms with Crippen LogP contribution in [-0.4, -0.2) is 22.0 Å². The van der Waals surface area contributed by atoms with Gasteiger partial charge >= 0.3 is 5.97 Å². The first kappa shape index (κ1) is 9.49. The molecule has 2 aliphatic rings. The quantitative estimate of drug-likeness (QED) is 0.496. The number of fused-ring (bicyclic) bond motifs is 2. The van der Waals surface area contributed by atoms with Gasteiger partial charge < -0.3 is 10.3 Å². The summed E-state index contributed by atoms with van der Waals surface area (Å²) in [6.07, 6.45) is 4.43. The van der Waals surface area contributed by atoms with Crippen molar-refractivity contribution in [1.82, 2.24) is 0 Å². The van der Waals surface area contributed by atoms with E-state index in [1.165, 1.54) is 0 Å². The van der Waals surface area contributed by atoms with Gasteiger partial charge in [-0.2, -0.15) is 0 Å². The maximum absolute atomic E-state index is 10.9. The lowest BCUT2D eigenvalue weighted by Gasteiger charge is -2.37. The highest BCUT2D eigenvalue weighted by atomic mass is 16.4. The predicted molar refractivity (Wildman–Crippen MR) is 50.4 cm³/mol. The molecular weight excluding hydrogens is 182 g/mol. The average Bonchev–Trinajstić information content (AvgIpc) is 2.15. The molecule has 0 heterocycles. The Bertz CT molecular complexity index is 259. The Balaban J connectivity index is 2.16. The van der Waals surface area contributed by atoms with E-state index in [2.05, 4.69) is 5.16 Å². The van der Waals surface area contributed by atoms with Gasteiger partial charge in [0.15, 0.2) is 0 Å². The van der Waals surface area contributed by atoms with Gasteiger partial charge in [-0.15, -0.1) is 0 Å². The monoisotopic (exact) mass is 197 g/mol. The zero-order valence-corrected chi connectivity index (χ0v) is 8.02. The number of carboxylic acids is 1. The molecule has 0 spiro atoms. The van der Waals surface area contributed by atoms with E-state index >= 15 is 0 Å². The van der Waals surface area contributed by atoms with Gasteiger partial charge in [0.2, 0.25) is 0 Å². The highest BCUT2D eigenvalue weighted by Gasteiger charge is 2.40. The van der Waals surface area contributed by atoms with Crippen molar-refractivity contribution in [3.8, 4) is 0 Å². The van der Waals surface area contributed by atoms with Crippen LogP contribution in [0.4, 0.5) is 0 Å². The zero-order chi connectivity index (χ0) is 10.1. The van der Waals surface area contributed by atoms with Crippen LogP contribution >= 0.6 is 0 Å². The summed E-state index contributed by atoms with van der Waals surface area (Å²) in [5, 5.41) is 21.2. The molecule has 2 aliphatic carbocycles. The predicted octanol–water partition coefficient (Wildman–Crippen LogP) is 1.73. The number of hydrogen-bond donors (Lipinski definition) is 2. The molecule has 2 atom stereocenters. The smallest absolute Gasteiger partial charge is 0.306 e. The Morgan fingerprint density at radius 2 is 1.86 bits per heavy atom. The summed E-state index contributed by atoms with van der Waals surface area (Å²) in [6, 6.07) is 0. The van der Waals surface area contributed by atoms with Crippen molar-refractivity contribution in [3.63, 3.8) is 0 Å². The first-order valence-corrected chi connectivity index (χ1v) is 5.17. The second kappa shape index (κ2) is 3.59. The minimum atomic E-state index is -0.695. The molecule has 0 aromatic rings. The summed E-state index contributed by atoms with van der Waals surface area (Å²) in [5.41, 5.74) is 0.855. The fraction of sp³-hybridized carbons (Fsp3) is 0.800. The minimum Gasteiger partial charge on any atom is -0.481 e. The Morgan fingerprint density at radius 3 is 2.29 bits per heavy atom. The largest absolute Gasteiger partial charge is 0.481 e. The van der Waals surface area contributed by atoms with Crippen molar-refractivity contribution in [1.29, 1.82) is 0 Å². The van der Waals surface area contributed by atoms with Crippen molar-refractivity contribution in [3.05, 3.63) is 0 Å². The van der Waals surface area contributed by atoms with E-state index in [9.17, 15) is 4.79 Å². The van der Waals surface area contributed by atoms with Crippen molar-refractivity contribution in [2.45, 2.75) is 32.1 Å². The lowest BCUT2D eigenvalue weighted by Crippen LogP contribution is -2.39. The molecule has 4 heteroatoms. The molecule has 0 radical (unpaired) electrons. The molecule has 4 nitrogen and oxygen atoms in total. The van der Waals surface area contributed by atoms with E-state index in [1.807, 2.05) is 0 Å². The second-order valence-corrected chi connectivity index (χ2v) is 4.36. The van der Waals surface area contributed by atoms with Gasteiger partial charge in [0, 0.05) is 11.8 Å². The standard InChI is InChI=1S/C10H15NO3/c12-10(13)8-4-6-2-1-3-7(5-8)9(6)11-14/h6-8,14H,1-5H2,(H,12,13)/t6-,7-,8?/m0/s1.